The van der Waals surface area contributed by atoms with E-state index in [-0.39, 0.29) is 6.10 Å². The number of carbonyl (C=O) groups excluding carboxylic acids is 2. The van der Waals surface area contributed by atoms with Crippen molar-refractivity contribution in [1.29, 1.82) is 0 Å². The van der Waals surface area contributed by atoms with Gasteiger partial charge in [-0.3, -0.25) is 9.59 Å². The summed E-state index contributed by atoms with van der Waals surface area (Å²) >= 11 is 0. The van der Waals surface area contributed by atoms with Crippen molar-refractivity contribution in [1.82, 2.24) is 10.6 Å². The molecule has 96 valence electrons. The highest BCUT2D eigenvalue weighted by Gasteiger charge is 2.43. The summed E-state index contributed by atoms with van der Waals surface area (Å²) in [6.07, 6.45) is 3.94. The van der Waals surface area contributed by atoms with Gasteiger partial charge in [-0.25, -0.2) is 0 Å². The number of ether oxygens (including phenoxy) is 2. The van der Waals surface area contributed by atoms with Crippen molar-refractivity contribution in [3.8, 4) is 0 Å². The first-order valence-electron chi connectivity index (χ1n) is 5.97. The van der Waals surface area contributed by atoms with Crippen LogP contribution in [0, 0.1) is 0 Å². The van der Waals surface area contributed by atoms with Gasteiger partial charge in [0.05, 0.1) is 6.61 Å². The molecule has 6 heteroatoms. The maximum absolute atomic E-state index is 11.2. The van der Waals surface area contributed by atoms with Crippen LogP contribution in [0.3, 0.4) is 0 Å². The summed E-state index contributed by atoms with van der Waals surface area (Å²) < 4.78 is 11.5. The second kappa shape index (κ2) is 5.01. The van der Waals surface area contributed by atoms with Crippen molar-refractivity contribution in [2.45, 2.75) is 37.6 Å². The molecule has 2 fully saturated rings. The van der Waals surface area contributed by atoms with E-state index < -0.39 is 17.6 Å². The van der Waals surface area contributed by atoms with Gasteiger partial charge < -0.3 is 20.1 Å². The molecule has 2 rings (SSSR count). The molecule has 0 aromatic rings. The predicted octanol–water partition coefficient (Wildman–Crippen LogP) is -0.466. The summed E-state index contributed by atoms with van der Waals surface area (Å²) in [7, 11) is 1.42. The Hall–Kier alpha value is -1.14. The number of nitrogens with one attached hydrogen (secondary N) is 2. The second-order valence-electron chi connectivity index (χ2n) is 4.46. The molecule has 0 aromatic carbocycles. The van der Waals surface area contributed by atoms with Crippen LogP contribution in [-0.4, -0.2) is 43.9 Å². The largest absolute Gasteiger partial charge is 0.351 e. The Morgan fingerprint density at radius 1 is 1.29 bits per heavy atom. The van der Waals surface area contributed by atoms with Crippen LogP contribution in [0.2, 0.25) is 0 Å². The minimum atomic E-state index is -0.639. The van der Waals surface area contributed by atoms with Crippen LogP contribution < -0.4 is 10.6 Å². The van der Waals surface area contributed by atoms with E-state index in [2.05, 4.69) is 10.6 Å². The molecule has 1 saturated heterocycles. The lowest BCUT2D eigenvalue weighted by molar-refractivity contribution is -0.161. The Morgan fingerprint density at radius 2 is 2.00 bits per heavy atom. The van der Waals surface area contributed by atoms with Crippen LogP contribution in [0.25, 0.3) is 0 Å². The smallest absolute Gasteiger partial charge is 0.309 e. The van der Waals surface area contributed by atoms with E-state index in [4.69, 9.17) is 9.47 Å². The highest BCUT2D eigenvalue weighted by Crippen LogP contribution is 2.38. The lowest BCUT2D eigenvalue weighted by Crippen LogP contribution is -2.42. The number of carbonyl (C=O) groups is 2. The van der Waals surface area contributed by atoms with Crippen LogP contribution >= 0.6 is 0 Å². The van der Waals surface area contributed by atoms with Gasteiger partial charge in [-0.1, -0.05) is 0 Å². The topological polar surface area (TPSA) is 76.7 Å². The third-order valence-electron chi connectivity index (χ3n) is 3.20. The molecule has 1 aliphatic carbocycles. The zero-order chi connectivity index (χ0) is 12.3. The van der Waals surface area contributed by atoms with Gasteiger partial charge in [-0.05, 0) is 12.8 Å². The molecule has 0 bridgehead atoms. The molecule has 1 spiro atoms. The first kappa shape index (κ1) is 12.3. The van der Waals surface area contributed by atoms with Crippen LogP contribution in [0.15, 0.2) is 0 Å². The van der Waals surface area contributed by atoms with E-state index in [0.717, 1.165) is 25.7 Å². The van der Waals surface area contributed by atoms with Crippen molar-refractivity contribution in [2.75, 3.05) is 20.2 Å². The molecule has 1 atom stereocenters. The van der Waals surface area contributed by atoms with Gasteiger partial charge >= 0.3 is 11.8 Å². The van der Waals surface area contributed by atoms with Gasteiger partial charge in [0.2, 0.25) is 0 Å². The molecule has 0 radical (unpaired) electrons. The van der Waals surface area contributed by atoms with Crippen molar-refractivity contribution in [3.63, 3.8) is 0 Å². The molecular formula is C11H18N2O4. The second-order valence-corrected chi connectivity index (χ2v) is 4.46. The molecule has 2 aliphatic rings. The van der Waals surface area contributed by atoms with Crippen LogP contribution in [-0.2, 0) is 19.1 Å². The number of amides is 2. The molecule has 1 saturated carbocycles. The van der Waals surface area contributed by atoms with Gasteiger partial charge in [0, 0.05) is 26.4 Å². The summed E-state index contributed by atoms with van der Waals surface area (Å²) in [5.74, 6) is -1.69. The highest BCUT2D eigenvalue weighted by molar-refractivity contribution is 6.35. The Morgan fingerprint density at radius 3 is 2.65 bits per heavy atom. The first-order chi connectivity index (χ1) is 8.15. The van der Waals surface area contributed by atoms with Gasteiger partial charge in [0.25, 0.3) is 0 Å². The lowest BCUT2D eigenvalue weighted by atomic mass is 10.2. The summed E-state index contributed by atoms with van der Waals surface area (Å²) in [6, 6.07) is 0. The monoisotopic (exact) mass is 242 g/mol. The minimum Gasteiger partial charge on any atom is -0.351 e. The molecule has 17 heavy (non-hydrogen) atoms. The standard InChI is InChI=1S/C11H18N2O4/c1-12-9(14)10(15)13-6-8-7-16-11(17-8)4-2-3-5-11/h8H,2-7H2,1H3,(H,12,14)(H,13,15). The molecule has 6 nitrogen and oxygen atoms in total. The fraction of sp³-hybridized carbons (Fsp3) is 0.818. The number of likely N-dealkylation sites (N-methyl/N-ethyl adjacent to an activating group) is 1. The molecule has 1 heterocycles. The van der Waals surface area contributed by atoms with Gasteiger partial charge in [0.1, 0.15) is 6.10 Å². The van der Waals surface area contributed by atoms with Gasteiger partial charge in [-0.15, -0.1) is 0 Å². The van der Waals surface area contributed by atoms with Crippen LogP contribution in [0.4, 0.5) is 0 Å². The Kier molecular flexibility index (Phi) is 3.63. The third kappa shape index (κ3) is 2.76. The Labute approximate surface area is 100 Å². The van der Waals surface area contributed by atoms with Crippen molar-refractivity contribution in [3.05, 3.63) is 0 Å². The van der Waals surface area contributed by atoms with Gasteiger partial charge in [-0.2, -0.15) is 0 Å². The fourth-order valence-corrected chi connectivity index (χ4v) is 2.29. The van der Waals surface area contributed by atoms with Crippen molar-refractivity contribution >= 4 is 11.8 Å². The van der Waals surface area contributed by atoms with Crippen molar-refractivity contribution < 1.29 is 19.1 Å². The van der Waals surface area contributed by atoms with E-state index >= 15 is 0 Å². The average Bonchev–Trinajstić information content (AvgIpc) is 2.96. The van der Waals surface area contributed by atoms with Gasteiger partial charge in [0.15, 0.2) is 5.79 Å². The van der Waals surface area contributed by atoms with Crippen LogP contribution in [0.5, 0.6) is 0 Å². The van der Waals surface area contributed by atoms with E-state index in [1.165, 1.54) is 7.05 Å². The third-order valence-corrected chi connectivity index (χ3v) is 3.20. The summed E-state index contributed by atoms with van der Waals surface area (Å²) in [4.78, 5) is 22.2. The van der Waals surface area contributed by atoms with Crippen molar-refractivity contribution in [2.24, 2.45) is 0 Å². The first-order valence-corrected chi connectivity index (χ1v) is 5.97. The fourth-order valence-electron chi connectivity index (χ4n) is 2.29. The molecule has 1 aliphatic heterocycles. The maximum Gasteiger partial charge on any atom is 0.309 e. The quantitative estimate of drug-likeness (QED) is 0.642. The summed E-state index contributed by atoms with van der Waals surface area (Å²) in [5.41, 5.74) is 0. The number of rotatable bonds is 2. The Bertz CT molecular complexity index is 313. The minimum absolute atomic E-state index is 0.151. The summed E-state index contributed by atoms with van der Waals surface area (Å²) in [6.45, 7) is 0.794. The van der Waals surface area contributed by atoms with E-state index in [0.29, 0.717) is 13.2 Å². The zero-order valence-electron chi connectivity index (χ0n) is 9.95. The molecule has 2 N–H and O–H groups in total. The zero-order valence-corrected chi connectivity index (χ0v) is 9.95. The highest BCUT2D eigenvalue weighted by atomic mass is 16.7. The average molecular weight is 242 g/mol. The molecule has 0 aromatic heterocycles. The summed E-state index contributed by atoms with van der Waals surface area (Å²) in [5, 5.41) is 4.79. The molecule has 1 unspecified atom stereocenters. The maximum atomic E-state index is 11.2. The normalized spacial score (nSPS) is 26.1. The van der Waals surface area contributed by atoms with E-state index in [1.54, 1.807) is 0 Å². The Balaban J connectivity index is 1.75. The number of hydrogen-bond acceptors (Lipinski definition) is 4. The molecule has 2 amide bonds. The SMILES string of the molecule is CNC(=O)C(=O)NCC1COC2(CCCC2)O1. The predicted molar refractivity (Wildman–Crippen MR) is 59.1 cm³/mol. The molecular weight excluding hydrogens is 224 g/mol. The van der Waals surface area contributed by atoms with Crippen LogP contribution in [0.1, 0.15) is 25.7 Å². The van der Waals surface area contributed by atoms with E-state index in [9.17, 15) is 9.59 Å². The number of hydrogen-bond donors (Lipinski definition) is 2. The lowest BCUT2D eigenvalue weighted by Gasteiger charge is -2.21. The van der Waals surface area contributed by atoms with E-state index in [1.807, 2.05) is 0 Å².